The van der Waals surface area contributed by atoms with Gasteiger partial charge in [-0.25, -0.2) is 0 Å². The van der Waals surface area contributed by atoms with E-state index in [9.17, 15) is 19.2 Å². The predicted molar refractivity (Wildman–Crippen MR) is 68.6 cm³/mol. The maximum absolute atomic E-state index is 12.3. The topological polar surface area (TPSA) is 86.7 Å². The second-order valence-electron chi connectivity index (χ2n) is 7.00. The second-order valence-corrected chi connectivity index (χ2v) is 7.00. The third-order valence-corrected chi connectivity index (χ3v) is 6.39. The lowest BCUT2D eigenvalue weighted by atomic mass is 9.41. The normalized spacial score (nSPS) is 48.4. The van der Waals surface area contributed by atoms with Gasteiger partial charge in [0.05, 0.1) is 23.7 Å². The van der Waals surface area contributed by atoms with Gasteiger partial charge in [-0.05, 0) is 19.3 Å². The molecule has 6 heteroatoms. The Balaban J connectivity index is 1.80. The maximum Gasteiger partial charge on any atom is 0.318 e. The zero-order valence-corrected chi connectivity index (χ0v) is 11.7. The minimum absolute atomic E-state index is 0.442. The van der Waals surface area contributed by atoms with Crippen molar-refractivity contribution in [2.45, 2.75) is 25.7 Å². The van der Waals surface area contributed by atoms with Gasteiger partial charge in [-0.3, -0.25) is 19.2 Å². The molecule has 0 N–H and O–H groups in total. The van der Waals surface area contributed by atoms with Crippen LogP contribution < -0.4 is 0 Å². The summed E-state index contributed by atoms with van der Waals surface area (Å²) in [6.45, 7) is 0. The van der Waals surface area contributed by atoms with E-state index in [4.69, 9.17) is 9.47 Å². The molecule has 2 saturated carbocycles. The van der Waals surface area contributed by atoms with Crippen LogP contribution in [0.2, 0.25) is 0 Å². The van der Waals surface area contributed by atoms with Gasteiger partial charge in [-0.15, -0.1) is 0 Å². The van der Waals surface area contributed by atoms with Gasteiger partial charge >= 0.3 is 23.9 Å². The van der Waals surface area contributed by atoms with Crippen molar-refractivity contribution in [1.82, 2.24) is 0 Å². The van der Waals surface area contributed by atoms with Crippen LogP contribution >= 0.6 is 0 Å². The molecule has 6 aliphatic rings. The molecule has 1 spiro atoms. The summed E-state index contributed by atoms with van der Waals surface area (Å²) in [4.78, 5) is 49.0. The van der Waals surface area contributed by atoms with Gasteiger partial charge in [0.2, 0.25) is 0 Å². The monoisotopic (exact) mass is 302 g/mol. The van der Waals surface area contributed by atoms with E-state index in [1.165, 1.54) is 0 Å². The summed E-state index contributed by atoms with van der Waals surface area (Å²) in [6, 6.07) is 0. The average molecular weight is 302 g/mol. The minimum Gasteiger partial charge on any atom is -0.393 e. The first-order valence-corrected chi connectivity index (χ1v) is 7.78. The Labute approximate surface area is 125 Å². The van der Waals surface area contributed by atoms with E-state index in [2.05, 4.69) is 0 Å². The summed E-state index contributed by atoms with van der Waals surface area (Å²) in [6.07, 6.45) is 5.30. The predicted octanol–water partition coefficient (Wildman–Crippen LogP) is 0.748. The van der Waals surface area contributed by atoms with E-state index in [0.29, 0.717) is 6.42 Å². The fourth-order valence-electron chi connectivity index (χ4n) is 5.78. The van der Waals surface area contributed by atoms with Crippen LogP contribution in [0.5, 0.6) is 0 Å². The highest BCUT2D eigenvalue weighted by Gasteiger charge is 2.75. The molecular formula is C16H14O6. The Kier molecular flexibility index (Phi) is 2.09. The number of esters is 4. The Morgan fingerprint density at radius 1 is 0.864 bits per heavy atom. The Morgan fingerprint density at radius 3 is 2.05 bits per heavy atom. The van der Waals surface area contributed by atoms with Crippen molar-refractivity contribution < 1.29 is 28.7 Å². The smallest absolute Gasteiger partial charge is 0.318 e. The van der Waals surface area contributed by atoms with E-state index < -0.39 is 58.9 Å². The van der Waals surface area contributed by atoms with Crippen LogP contribution in [0.4, 0.5) is 0 Å². The number of hydrogen-bond acceptors (Lipinski definition) is 6. The van der Waals surface area contributed by atoms with Gasteiger partial charge in [0.15, 0.2) is 0 Å². The van der Waals surface area contributed by atoms with Crippen LogP contribution in [0.3, 0.4) is 0 Å². The van der Waals surface area contributed by atoms with Gasteiger partial charge in [-0.1, -0.05) is 18.1 Å². The lowest BCUT2D eigenvalue weighted by Gasteiger charge is -2.57. The van der Waals surface area contributed by atoms with E-state index >= 15 is 0 Å². The number of hydrogen-bond donors (Lipinski definition) is 0. The highest BCUT2D eigenvalue weighted by molar-refractivity contribution is 6.04. The molecule has 6 nitrogen and oxygen atoms in total. The first-order chi connectivity index (χ1) is 10.6. The number of cyclic esters (lactones) is 4. The van der Waals surface area contributed by atoms with Crippen LogP contribution in [-0.2, 0) is 28.7 Å². The highest BCUT2D eigenvalue weighted by Crippen LogP contribution is 2.69. The molecule has 2 saturated heterocycles. The molecule has 22 heavy (non-hydrogen) atoms. The summed E-state index contributed by atoms with van der Waals surface area (Å²) < 4.78 is 9.79. The Hall–Kier alpha value is -1.98. The van der Waals surface area contributed by atoms with Gasteiger partial charge in [0.25, 0.3) is 0 Å². The number of allylic oxidation sites excluding steroid dienone is 2. The van der Waals surface area contributed by atoms with E-state index in [-0.39, 0.29) is 0 Å². The van der Waals surface area contributed by atoms with E-state index in [0.717, 1.165) is 24.8 Å². The fraction of sp³-hybridized carbons (Fsp3) is 0.625. The molecule has 0 amide bonds. The lowest BCUT2D eigenvalue weighted by Crippen LogP contribution is -2.60. The van der Waals surface area contributed by atoms with E-state index in [1.807, 2.05) is 6.08 Å². The van der Waals surface area contributed by atoms with Gasteiger partial charge in [-0.2, -0.15) is 0 Å². The standard InChI is InChI=1S/C16H14O6/c17-12-8-7-5-6-3-1-2-4-16(6,10(8)14(19)21-12)11-9(7)13(18)22-15(11)20/h5,7-11H,1-4H2/t7?,8-,9+,10-,11-,16?/m1/s1. The van der Waals surface area contributed by atoms with Gasteiger partial charge in [0, 0.05) is 11.3 Å². The summed E-state index contributed by atoms with van der Waals surface area (Å²) in [5.74, 6) is -5.10. The molecule has 4 aliphatic carbocycles. The summed E-state index contributed by atoms with van der Waals surface area (Å²) in [5, 5.41) is 0. The Morgan fingerprint density at radius 2 is 1.45 bits per heavy atom. The molecule has 2 heterocycles. The summed E-state index contributed by atoms with van der Waals surface area (Å²) in [7, 11) is 0. The molecule has 114 valence electrons. The van der Waals surface area contributed by atoms with Gasteiger partial charge < -0.3 is 9.47 Å². The quantitative estimate of drug-likeness (QED) is 0.373. The van der Waals surface area contributed by atoms with Crippen molar-refractivity contribution in [3.8, 4) is 0 Å². The molecule has 4 fully saturated rings. The second kappa shape index (κ2) is 3.67. The van der Waals surface area contributed by atoms with Crippen LogP contribution in [0.25, 0.3) is 0 Å². The minimum atomic E-state index is -0.741. The molecule has 2 bridgehead atoms. The fourth-order valence-corrected chi connectivity index (χ4v) is 5.78. The zero-order valence-electron chi connectivity index (χ0n) is 11.7. The average Bonchev–Trinajstić information content (AvgIpc) is 2.98. The number of carbonyl (C=O) groups excluding carboxylic acids is 4. The third-order valence-electron chi connectivity index (χ3n) is 6.39. The first-order valence-electron chi connectivity index (χ1n) is 7.78. The van der Waals surface area contributed by atoms with Crippen molar-refractivity contribution >= 4 is 23.9 Å². The van der Waals surface area contributed by atoms with Crippen LogP contribution in [0.15, 0.2) is 11.6 Å². The zero-order chi connectivity index (χ0) is 15.2. The van der Waals surface area contributed by atoms with Gasteiger partial charge in [0.1, 0.15) is 0 Å². The molecule has 0 aromatic rings. The molecule has 6 atom stereocenters. The Bertz CT molecular complexity index is 647. The molecule has 6 rings (SSSR count). The molecule has 2 unspecified atom stereocenters. The lowest BCUT2D eigenvalue weighted by molar-refractivity contribution is -0.156. The van der Waals surface area contributed by atoms with Crippen LogP contribution in [-0.4, -0.2) is 23.9 Å². The largest absolute Gasteiger partial charge is 0.393 e. The summed E-state index contributed by atoms with van der Waals surface area (Å²) in [5.41, 5.74) is 0.319. The molecule has 0 aromatic carbocycles. The maximum atomic E-state index is 12.3. The van der Waals surface area contributed by atoms with Crippen LogP contribution in [0, 0.1) is 35.0 Å². The first kappa shape index (κ1) is 12.6. The molecule has 0 aromatic heterocycles. The van der Waals surface area contributed by atoms with Crippen LogP contribution in [0.1, 0.15) is 25.7 Å². The SMILES string of the molecule is O=C1OC(=O)[C@H]2[C@H]1C1C=C3CCCCC32[C@H]2C(=O)OC(=O)[C@@H]12. The molecule has 0 radical (unpaired) electrons. The van der Waals surface area contributed by atoms with Crippen molar-refractivity contribution in [2.24, 2.45) is 35.0 Å². The van der Waals surface area contributed by atoms with Crippen molar-refractivity contribution in [3.63, 3.8) is 0 Å². The van der Waals surface area contributed by atoms with Crippen molar-refractivity contribution in [2.75, 3.05) is 0 Å². The van der Waals surface area contributed by atoms with Crippen molar-refractivity contribution in [3.05, 3.63) is 11.6 Å². The number of carbonyl (C=O) groups is 4. The molecule has 2 aliphatic heterocycles. The number of rotatable bonds is 0. The van der Waals surface area contributed by atoms with E-state index in [1.54, 1.807) is 0 Å². The highest BCUT2D eigenvalue weighted by atomic mass is 16.6. The third kappa shape index (κ3) is 1.13. The molecular weight excluding hydrogens is 288 g/mol. The number of ether oxygens (including phenoxy) is 2. The summed E-state index contributed by atoms with van der Waals surface area (Å²) >= 11 is 0. The van der Waals surface area contributed by atoms with Crippen molar-refractivity contribution in [1.29, 1.82) is 0 Å².